The summed E-state index contributed by atoms with van der Waals surface area (Å²) in [7, 11) is 0. The molecule has 5 nitrogen and oxygen atoms in total. The fourth-order valence-corrected chi connectivity index (χ4v) is 3.98. The van der Waals surface area contributed by atoms with E-state index < -0.39 is 0 Å². The van der Waals surface area contributed by atoms with Crippen molar-refractivity contribution in [3.05, 3.63) is 59.1 Å². The summed E-state index contributed by atoms with van der Waals surface area (Å²) in [6, 6.07) is 15.8. The van der Waals surface area contributed by atoms with E-state index in [0.29, 0.717) is 23.7 Å². The van der Waals surface area contributed by atoms with Crippen molar-refractivity contribution in [1.82, 2.24) is 4.90 Å². The molecule has 2 fully saturated rings. The molecule has 2 aromatic rings. The van der Waals surface area contributed by atoms with E-state index in [2.05, 4.69) is 34.1 Å². The number of carbonyl (C=O) groups excluding carboxylic acids is 1. The molecule has 0 atom stereocenters. The molecule has 0 saturated carbocycles. The van der Waals surface area contributed by atoms with Gasteiger partial charge in [0.1, 0.15) is 0 Å². The van der Waals surface area contributed by atoms with Gasteiger partial charge in [0.15, 0.2) is 0 Å². The van der Waals surface area contributed by atoms with E-state index in [0.717, 1.165) is 39.4 Å². The Labute approximate surface area is 165 Å². The molecule has 2 aromatic carbocycles. The summed E-state index contributed by atoms with van der Waals surface area (Å²) < 4.78 is 5.49. The molecule has 0 radical (unpaired) electrons. The summed E-state index contributed by atoms with van der Waals surface area (Å²) in [6.45, 7) is 6.41. The molecule has 0 unspecified atom stereocenters. The number of para-hydroxylation sites is 2. The minimum Gasteiger partial charge on any atom is -0.378 e. The Kier molecular flexibility index (Phi) is 5.50. The van der Waals surface area contributed by atoms with E-state index in [9.17, 15) is 4.79 Å². The number of carbonyl (C=O) groups is 1. The summed E-state index contributed by atoms with van der Waals surface area (Å²) in [5.41, 5.74) is 3.08. The van der Waals surface area contributed by atoms with Crippen molar-refractivity contribution in [2.24, 2.45) is 0 Å². The minimum absolute atomic E-state index is 0.0155. The Balaban J connectivity index is 1.45. The van der Waals surface area contributed by atoms with Crippen LogP contribution < -0.4 is 9.80 Å². The van der Waals surface area contributed by atoms with Crippen LogP contribution in [-0.4, -0.2) is 63.3 Å². The van der Waals surface area contributed by atoms with E-state index in [1.165, 1.54) is 11.4 Å². The maximum atomic E-state index is 12.8. The largest absolute Gasteiger partial charge is 0.378 e. The number of anilines is 2. The third-order valence-corrected chi connectivity index (χ3v) is 5.57. The van der Waals surface area contributed by atoms with E-state index in [1.807, 2.05) is 17.0 Å². The van der Waals surface area contributed by atoms with Gasteiger partial charge in [-0.15, -0.1) is 0 Å². The van der Waals surface area contributed by atoms with Crippen molar-refractivity contribution in [2.45, 2.75) is 0 Å². The Morgan fingerprint density at radius 1 is 0.778 bits per heavy atom. The predicted molar refractivity (Wildman–Crippen MR) is 109 cm³/mol. The summed E-state index contributed by atoms with van der Waals surface area (Å²) >= 11 is 6.20. The average Bonchev–Trinajstić information content (AvgIpc) is 2.74. The molecular weight excluding hydrogens is 362 g/mol. The van der Waals surface area contributed by atoms with Gasteiger partial charge >= 0.3 is 0 Å². The van der Waals surface area contributed by atoms with Gasteiger partial charge in [0.05, 0.1) is 35.2 Å². The van der Waals surface area contributed by atoms with E-state index in [1.54, 1.807) is 12.1 Å². The van der Waals surface area contributed by atoms with Crippen molar-refractivity contribution < 1.29 is 9.53 Å². The molecule has 4 rings (SSSR count). The standard InChI is InChI=1S/C21H24ClN3O2/c22-18-6-2-1-5-17(18)21(26)25-11-9-23(10-12-25)19-7-3-4-8-20(19)24-13-15-27-16-14-24/h1-8H,9-16H2. The van der Waals surface area contributed by atoms with Gasteiger partial charge in [-0.25, -0.2) is 0 Å². The van der Waals surface area contributed by atoms with Crippen LogP contribution in [0, 0.1) is 0 Å². The molecule has 2 aliphatic rings. The molecule has 0 aliphatic carbocycles. The van der Waals surface area contributed by atoms with Crippen molar-refractivity contribution in [2.75, 3.05) is 62.3 Å². The summed E-state index contributed by atoms with van der Waals surface area (Å²) in [5, 5.41) is 0.516. The lowest BCUT2D eigenvalue weighted by Crippen LogP contribution is -2.49. The van der Waals surface area contributed by atoms with E-state index >= 15 is 0 Å². The zero-order valence-electron chi connectivity index (χ0n) is 15.3. The highest BCUT2D eigenvalue weighted by Gasteiger charge is 2.25. The van der Waals surface area contributed by atoms with Gasteiger partial charge < -0.3 is 19.4 Å². The van der Waals surface area contributed by atoms with Crippen LogP contribution in [0.2, 0.25) is 5.02 Å². The predicted octanol–water partition coefficient (Wildman–Crippen LogP) is 3.14. The van der Waals surface area contributed by atoms with Crippen LogP contribution in [-0.2, 0) is 4.74 Å². The number of halogens is 1. The van der Waals surface area contributed by atoms with Crippen LogP contribution in [0.1, 0.15) is 10.4 Å². The number of ether oxygens (including phenoxy) is 1. The van der Waals surface area contributed by atoms with Crippen molar-refractivity contribution >= 4 is 28.9 Å². The Morgan fingerprint density at radius 2 is 1.33 bits per heavy atom. The minimum atomic E-state index is 0.0155. The summed E-state index contributed by atoms with van der Waals surface area (Å²) in [6.07, 6.45) is 0. The molecule has 0 N–H and O–H groups in total. The molecular formula is C21H24ClN3O2. The van der Waals surface area contributed by atoms with Gasteiger partial charge in [0.25, 0.3) is 5.91 Å². The lowest BCUT2D eigenvalue weighted by atomic mass is 10.1. The summed E-state index contributed by atoms with van der Waals surface area (Å²) in [4.78, 5) is 19.4. The summed E-state index contributed by atoms with van der Waals surface area (Å²) in [5.74, 6) is 0.0155. The molecule has 2 saturated heterocycles. The van der Waals surface area contributed by atoms with Crippen molar-refractivity contribution in [3.63, 3.8) is 0 Å². The number of hydrogen-bond donors (Lipinski definition) is 0. The first-order valence-electron chi connectivity index (χ1n) is 9.44. The van der Waals surface area contributed by atoms with Crippen LogP contribution in [0.15, 0.2) is 48.5 Å². The molecule has 0 spiro atoms. The first-order valence-corrected chi connectivity index (χ1v) is 9.82. The van der Waals surface area contributed by atoms with Gasteiger partial charge in [0.2, 0.25) is 0 Å². The second-order valence-electron chi connectivity index (χ2n) is 6.85. The SMILES string of the molecule is O=C(c1ccccc1Cl)N1CCN(c2ccccc2N2CCOCC2)CC1. The maximum absolute atomic E-state index is 12.8. The molecule has 1 amide bonds. The molecule has 0 bridgehead atoms. The van der Waals surface area contributed by atoms with Crippen LogP contribution in [0.25, 0.3) is 0 Å². The highest BCUT2D eigenvalue weighted by molar-refractivity contribution is 6.33. The third-order valence-electron chi connectivity index (χ3n) is 5.25. The van der Waals surface area contributed by atoms with Crippen molar-refractivity contribution in [1.29, 1.82) is 0 Å². The molecule has 0 aromatic heterocycles. The molecule has 2 heterocycles. The highest BCUT2D eigenvalue weighted by Crippen LogP contribution is 2.31. The number of amides is 1. The molecule has 27 heavy (non-hydrogen) atoms. The normalized spacial score (nSPS) is 17.9. The fraction of sp³-hybridized carbons (Fsp3) is 0.381. The van der Waals surface area contributed by atoms with Gasteiger partial charge in [-0.2, -0.15) is 0 Å². The van der Waals surface area contributed by atoms with Gasteiger partial charge in [-0.05, 0) is 24.3 Å². The van der Waals surface area contributed by atoms with Gasteiger partial charge in [-0.1, -0.05) is 35.9 Å². The third kappa shape index (κ3) is 3.89. The second kappa shape index (κ2) is 8.19. The first kappa shape index (κ1) is 18.1. The number of piperazine rings is 1. The average molecular weight is 386 g/mol. The number of rotatable bonds is 3. The number of morpholine rings is 1. The quantitative estimate of drug-likeness (QED) is 0.813. The zero-order valence-corrected chi connectivity index (χ0v) is 16.1. The number of benzene rings is 2. The van der Waals surface area contributed by atoms with E-state index in [4.69, 9.17) is 16.3 Å². The molecule has 142 valence electrons. The van der Waals surface area contributed by atoms with Gasteiger partial charge in [-0.3, -0.25) is 4.79 Å². The van der Waals surface area contributed by atoms with Crippen LogP contribution in [0.3, 0.4) is 0 Å². The number of hydrogen-bond acceptors (Lipinski definition) is 4. The second-order valence-corrected chi connectivity index (χ2v) is 7.25. The topological polar surface area (TPSA) is 36.0 Å². The van der Waals surface area contributed by atoms with Crippen LogP contribution in [0.4, 0.5) is 11.4 Å². The Hall–Kier alpha value is -2.24. The fourth-order valence-electron chi connectivity index (χ4n) is 3.76. The highest BCUT2D eigenvalue weighted by atomic mass is 35.5. The Bertz CT molecular complexity index is 800. The molecule has 6 heteroatoms. The van der Waals surface area contributed by atoms with Gasteiger partial charge in [0, 0.05) is 39.3 Å². The van der Waals surface area contributed by atoms with Crippen molar-refractivity contribution in [3.8, 4) is 0 Å². The maximum Gasteiger partial charge on any atom is 0.255 e. The first-order chi connectivity index (χ1) is 13.2. The smallest absolute Gasteiger partial charge is 0.255 e. The zero-order chi connectivity index (χ0) is 18.6. The van der Waals surface area contributed by atoms with Crippen LogP contribution >= 0.6 is 11.6 Å². The van der Waals surface area contributed by atoms with Crippen LogP contribution in [0.5, 0.6) is 0 Å². The molecule has 2 aliphatic heterocycles. The monoisotopic (exact) mass is 385 g/mol. The lowest BCUT2D eigenvalue weighted by molar-refractivity contribution is 0.0747. The number of nitrogens with zero attached hydrogens (tertiary/aromatic N) is 3. The Morgan fingerprint density at radius 3 is 1.96 bits per heavy atom. The lowest BCUT2D eigenvalue weighted by Gasteiger charge is -2.39. The van der Waals surface area contributed by atoms with E-state index in [-0.39, 0.29) is 5.91 Å².